The van der Waals surface area contributed by atoms with Crippen molar-refractivity contribution in [3.63, 3.8) is 0 Å². The summed E-state index contributed by atoms with van der Waals surface area (Å²) in [4.78, 5) is 0. The van der Waals surface area contributed by atoms with Gasteiger partial charge in [-0.25, -0.2) is 0 Å². The van der Waals surface area contributed by atoms with Gasteiger partial charge in [0.25, 0.3) is 0 Å². The maximum Gasteiger partial charge on any atom is 0.186 e. The summed E-state index contributed by atoms with van der Waals surface area (Å²) in [5.74, 6) is 0. The minimum absolute atomic E-state index is 0.272. The van der Waals surface area contributed by atoms with Gasteiger partial charge >= 0.3 is 0 Å². The molecule has 2 fully saturated rings. The fourth-order valence-corrected chi connectivity index (χ4v) is 2.55. The minimum Gasteiger partial charge on any atom is -0.387 e. The summed E-state index contributed by atoms with van der Waals surface area (Å²) < 4.78 is 21.9. The minimum atomic E-state index is -1.14. The first kappa shape index (κ1) is 13.9. The zero-order chi connectivity index (χ0) is 14.1. The highest BCUT2D eigenvalue weighted by molar-refractivity contribution is 5.16. The molecule has 6 nitrogen and oxygen atoms in total. The maximum atomic E-state index is 10.1. The Morgan fingerprint density at radius 3 is 2.55 bits per heavy atom. The van der Waals surface area contributed by atoms with Crippen LogP contribution < -0.4 is 0 Å². The second-order valence-corrected chi connectivity index (χ2v) is 4.94. The van der Waals surface area contributed by atoms with Gasteiger partial charge in [0.1, 0.15) is 24.4 Å². The molecule has 6 heteroatoms. The van der Waals surface area contributed by atoms with Crippen molar-refractivity contribution in [3.8, 4) is 0 Å². The smallest absolute Gasteiger partial charge is 0.186 e. The first-order chi connectivity index (χ1) is 9.70. The third-order valence-corrected chi connectivity index (χ3v) is 3.64. The maximum absolute atomic E-state index is 10.1. The molecule has 2 saturated heterocycles. The lowest BCUT2D eigenvalue weighted by atomic mass is 9.98. The van der Waals surface area contributed by atoms with Gasteiger partial charge in [-0.2, -0.15) is 0 Å². The molecular weight excluding hydrogens is 264 g/mol. The second kappa shape index (κ2) is 5.77. The van der Waals surface area contributed by atoms with Crippen molar-refractivity contribution in [2.24, 2.45) is 0 Å². The van der Waals surface area contributed by atoms with Crippen molar-refractivity contribution < 1.29 is 29.2 Å². The Morgan fingerprint density at radius 2 is 1.85 bits per heavy atom. The quantitative estimate of drug-likeness (QED) is 0.806. The Bertz CT molecular complexity index is 437. The normalized spacial score (nSPS) is 41.1. The van der Waals surface area contributed by atoms with Gasteiger partial charge in [0, 0.05) is 12.7 Å². The Labute approximate surface area is 116 Å². The molecule has 0 aliphatic carbocycles. The molecular formula is C14H18O6. The zero-order valence-electron chi connectivity index (χ0n) is 11.1. The molecule has 0 spiro atoms. The van der Waals surface area contributed by atoms with E-state index in [9.17, 15) is 10.2 Å². The fourth-order valence-electron chi connectivity index (χ4n) is 2.55. The molecule has 2 aliphatic rings. The van der Waals surface area contributed by atoms with Crippen LogP contribution in [-0.2, 0) is 18.9 Å². The van der Waals surface area contributed by atoms with Crippen LogP contribution in [0.3, 0.4) is 0 Å². The van der Waals surface area contributed by atoms with Gasteiger partial charge < -0.3 is 29.2 Å². The standard InChI is InChI=1S/C14H18O6/c1-17-14-11(16)10(15)12-9(19-14)7-18-13(20-12)8-5-3-2-4-6-8/h2-6,9-16H,7H2,1H3/t9?,10?,11?,12-,13?,14?/m0/s1. The molecule has 0 bridgehead atoms. The molecule has 5 unspecified atom stereocenters. The number of hydrogen-bond donors (Lipinski definition) is 2. The SMILES string of the molecule is COC1OC2COC(c3ccccc3)O[C@@H]2C(O)C1O. The molecule has 1 aromatic rings. The summed E-state index contributed by atoms with van der Waals surface area (Å²) in [6, 6.07) is 9.45. The van der Waals surface area contributed by atoms with Gasteiger partial charge in [-0.3, -0.25) is 0 Å². The van der Waals surface area contributed by atoms with Gasteiger partial charge in [0.15, 0.2) is 12.6 Å². The number of benzene rings is 1. The van der Waals surface area contributed by atoms with E-state index in [4.69, 9.17) is 18.9 Å². The highest BCUT2D eigenvalue weighted by Gasteiger charge is 2.48. The number of rotatable bonds is 2. The first-order valence-corrected chi connectivity index (χ1v) is 6.57. The summed E-state index contributed by atoms with van der Waals surface area (Å²) in [7, 11) is 1.41. The molecule has 2 heterocycles. The van der Waals surface area contributed by atoms with Gasteiger partial charge in [-0.15, -0.1) is 0 Å². The molecule has 0 saturated carbocycles. The average Bonchev–Trinajstić information content (AvgIpc) is 2.51. The molecule has 0 radical (unpaired) electrons. The van der Waals surface area contributed by atoms with E-state index in [1.54, 1.807) is 0 Å². The van der Waals surface area contributed by atoms with Crippen LogP contribution in [0, 0.1) is 0 Å². The van der Waals surface area contributed by atoms with Crippen LogP contribution in [0.2, 0.25) is 0 Å². The summed E-state index contributed by atoms with van der Waals surface area (Å²) in [5.41, 5.74) is 0.863. The van der Waals surface area contributed by atoms with E-state index in [-0.39, 0.29) is 6.61 Å². The van der Waals surface area contributed by atoms with Gasteiger partial charge in [-0.1, -0.05) is 30.3 Å². The monoisotopic (exact) mass is 282 g/mol. The largest absolute Gasteiger partial charge is 0.387 e. The Hall–Kier alpha value is -1.02. The Balaban J connectivity index is 1.74. The van der Waals surface area contributed by atoms with E-state index < -0.39 is 37.0 Å². The predicted molar refractivity (Wildman–Crippen MR) is 67.7 cm³/mol. The molecule has 0 amide bonds. The van der Waals surface area contributed by atoms with Crippen LogP contribution in [0.15, 0.2) is 30.3 Å². The van der Waals surface area contributed by atoms with Crippen molar-refractivity contribution in [3.05, 3.63) is 35.9 Å². The molecule has 20 heavy (non-hydrogen) atoms. The van der Waals surface area contributed by atoms with E-state index in [1.807, 2.05) is 30.3 Å². The zero-order valence-corrected chi connectivity index (χ0v) is 11.1. The number of fused-ring (bicyclic) bond motifs is 1. The van der Waals surface area contributed by atoms with Crippen molar-refractivity contribution in [2.45, 2.75) is 37.0 Å². The van der Waals surface area contributed by atoms with Crippen molar-refractivity contribution in [1.82, 2.24) is 0 Å². The van der Waals surface area contributed by atoms with Crippen LogP contribution in [0.5, 0.6) is 0 Å². The molecule has 1 aromatic carbocycles. The number of methoxy groups -OCH3 is 1. The van der Waals surface area contributed by atoms with Crippen molar-refractivity contribution >= 4 is 0 Å². The van der Waals surface area contributed by atoms with Crippen LogP contribution in [0.25, 0.3) is 0 Å². The summed E-state index contributed by atoms with van der Waals surface area (Å²) in [5, 5.41) is 20.1. The molecule has 2 N–H and O–H groups in total. The Kier molecular flexibility index (Phi) is 4.02. The van der Waals surface area contributed by atoms with Gasteiger partial charge in [0.2, 0.25) is 0 Å². The van der Waals surface area contributed by atoms with E-state index in [0.717, 1.165) is 5.56 Å². The van der Waals surface area contributed by atoms with Crippen LogP contribution in [0.4, 0.5) is 0 Å². The number of hydrogen-bond acceptors (Lipinski definition) is 6. The highest BCUT2D eigenvalue weighted by atomic mass is 16.7. The van der Waals surface area contributed by atoms with E-state index in [1.165, 1.54) is 7.11 Å². The number of aliphatic hydroxyl groups is 2. The van der Waals surface area contributed by atoms with E-state index in [2.05, 4.69) is 0 Å². The summed E-state index contributed by atoms with van der Waals surface area (Å²) >= 11 is 0. The lowest BCUT2D eigenvalue weighted by Crippen LogP contribution is -2.62. The lowest BCUT2D eigenvalue weighted by Gasteiger charge is -2.45. The van der Waals surface area contributed by atoms with E-state index in [0.29, 0.717) is 0 Å². The lowest BCUT2D eigenvalue weighted by molar-refractivity contribution is -0.358. The molecule has 0 aromatic heterocycles. The predicted octanol–water partition coefficient (Wildman–Crippen LogP) is 0.194. The third-order valence-electron chi connectivity index (χ3n) is 3.64. The van der Waals surface area contributed by atoms with Crippen LogP contribution >= 0.6 is 0 Å². The van der Waals surface area contributed by atoms with Crippen LogP contribution in [-0.4, -0.2) is 54.6 Å². The van der Waals surface area contributed by atoms with Gasteiger partial charge in [-0.05, 0) is 0 Å². The van der Waals surface area contributed by atoms with Crippen LogP contribution in [0.1, 0.15) is 11.9 Å². The first-order valence-electron chi connectivity index (χ1n) is 6.57. The Morgan fingerprint density at radius 1 is 1.10 bits per heavy atom. The fraction of sp³-hybridized carbons (Fsp3) is 0.571. The van der Waals surface area contributed by atoms with Gasteiger partial charge in [0.05, 0.1) is 6.61 Å². The second-order valence-electron chi connectivity index (χ2n) is 4.94. The molecule has 6 atom stereocenters. The van der Waals surface area contributed by atoms with E-state index >= 15 is 0 Å². The highest BCUT2D eigenvalue weighted by Crippen LogP contribution is 2.33. The molecule has 3 rings (SSSR count). The summed E-state index contributed by atoms with van der Waals surface area (Å²) in [6.45, 7) is 0.272. The summed E-state index contributed by atoms with van der Waals surface area (Å²) in [6.07, 6.45) is -4.76. The number of aliphatic hydroxyl groups excluding tert-OH is 2. The number of ether oxygens (including phenoxy) is 4. The topological polar surface area (TPSA) is 77.4 Å². The molecule has 110 valence electrons. The van der Waals surface area contributed by atoms with Crippen molar-refractivity contribution in [2.75, 3.05) is 13.7 Å². The van der Waals surface area contributed by atoms with Crippen molar-refractivity contribution in [1.29, 1.82) is 0 Å². The molecule has 2 aliphatic heterocycles. The third kappa shape index (κ3) is 2.46. The average molecular weight is 282 g/mol.